The van der Waals surface area contributed by atoms with E-state index in [4.69, 9.17) is 9.15 Å². The lowest BCUT2D eigenvalue weighted by Gasteiger charge is -2.35. The third-order valence-electron chi connectivity index (χ3n) is 10.1. The Bertz CT molecular complexity index is 2720. The van der Waals surface area contributed by atoms with Gasteiger partial charge in [0.25, 0.3) is 0 Å². The largest absolute Gasteiger partial charge is 0.456 e. The minimum atomic E-state index is -0.233. The van der Waals surface area contributed by atoms with Crippen LogP contribution in [0.15, 0.2) is 156 Å². The maximum atomic E-state index is 6.82. The fourth-order valence-corrected chi connectivity index (χ4v) is 8.76. The lowest BCUT2D eigenvalue weighted by Crippen LogP contribution is -2.24. The van der Waals surface area contributed by atoms with Crippen molar-refractivity contribution in [2.24, 2.45) is 0 Å². The summed E-state index contributed by atoms with van der Waals surface area (Å²) in [5.74, 6) is 1.78. The number of furan rings is 1. The van der Waals surface area contributed by atoms with E-state index in [2.05, 4.69) is 158 Å². The number of nitrogens with zero attached hydrogens (tertiary/aromatic N) is 1. The minimum Gasteiger partial charge on any atom is -0.456 e. The number of anilines is 3. The molecule has 10 rings (SSSR count). The summed E-state index contributed by atoms with van der Waals surface area (Å²) >= 11 is 1.85. The topological polar surface area (TPSA) is 25.6 Å². The molecule has 3 heterocycles. The van der Waals surface area contributed by atoms with Gasteiger partial charge in [0.2, 0.25) is 0 Å². The highest BCUT2D eigenvalue weighted by Crippen LogP contribution is 2.53. The van der Waals surface area contributed by atoms with Crippen LogP contribution in [0.1, 0.15) is 25.0 Å². The van der Waals surface area contributed by atoms with E-state index < -0.39 is 0 Å². The van der Waals surface area contributed by atoms with Crippen LogP contribution in [0.25, 0.3) is 53.2 Å². The van der Waals surface area contributed by atoms with Crippen LogP contribution in [-0.2, 0) is 5.41 Å². The summed E-state index contributed by atoms with van der Waals surface area (Å²) < 4.78 is 15.6. The molecule has 234 valence electrons. The fraction of sp³-hybridized carbons (Fsp3) is 0.0667. The van der Waals surface area contributed by atoms with Gasteiger partial charge in [0.1, 0.15) is 22.7 Å². The van der Waals surface area contributed by atoms with Crippen LogP contribution >= 0.6 is 11.3 Å². The van der Waals surface area contributed by atoms with Crippen molar-refractivity contribution in [1.82, 2.24) is 0 Å². The Labute approximate surface area is 288 Å². The zero-order valence-corrected chi connectivity index (χ0v) is 27.9. The quantitative estimate of drug-likeness (QED) is 0.190. The lowest BCUT2D eigenvalue weighted by atomic mass is 9.75. The number of benzene rings is 7. The fourth-order valence-electron chi connectivity index (χ4n) is 7.62. The summed E-state index contributed by atoms with van der Waals surface area (Å²) in [4.78, 5) is 2.34. The van der Waals surface area contributed by atoms with Crippen LogP contribution in [0.2, 0.25) is 0 Å². The van der Waals surface area contributed by atoms with Gasteiger partial charge in [0.15, 0.2) is 0 Å². The van der Waals surface area contributed by atoms with Gasteiger partial charge in [0, 0.05) is 59.2 Å². The van der Waals surface area contributed by atoms with E-state index in [1.807, 2.05) is 23.5 Å². The van der Waals surface area contributed by atoms with E-state index in [-0.39, 0.29) is 5.41 Å². The zero-order valence-electron chi connectivity index (χ0n) is 27.1. The average Bonchev–Trinajstić information content (AvgIpc) is 3.71. The standard InChI is InChI=1S/C45H31NO2S/c1-45(2)36-23-18-29(26-40(36)48-44-37(45)24-25-39-43(44)35-13-6-8-14-38(35)47-39)28-16-19-31(20-17-28)46(30-10-4-3-5-11-30)32-21-22-34-33-12-7-9-15-41(33)49-42(34)27-32/h3-27H,1-2H3. The average molecular weight is 650 g/mol. The molecule has 7 aromatic carbocycles. The Morgan fingerprint density at radius 2 is 1.18 bits per heavy atom. The Hall–Kier alpha value is -5.84. The molecule has 0 spiro atoms. The van der Waals surface area contributed by atoms with Crippen molar-refractivity contribution in [1.29, 1.82) is 0 Å². The molecule has 0 amide bonds. The van der Waals surface area contributed by atoms with Crippen LogP contribution in [-0.4, -0.2) is 0 Å². The molecule has 1 aliphatic rings. The predicted molar refractivity (Wildman–Crippen MR) is 205 cm³/mol. The number of para-hydroxylation sites is 2. The smallest absolute Gasteiger partial charge is 0.143 e. The van der Waals surface area contributed by atoms with Gasteiger partial charge in [-0.2, -0.15) is 0 Å². The third kappa shape index (κ3) is 4.34. The second kappa shape index (κ2) is 10.6. The summed E-state index contributed by atoms with van der Waals surface area (Å²) in [5.41, 5.74) is 9.46. The van der Waals surface area contributed by atoms with Crippen molar-refractivity contribution in [3.8, 4) is 22.6 Å². The van der Waals surface area contributed by atoms with E-state index in [1.165, 1.54) is 31.3 Å². The Morgan fingerprint density at radius 3 is 2.04 bits per heavy atom. The molecule has 0 N–H and O–H groups in total. The van der Waals surface area contributed by atoms with Gasteiger partial charge in [0.05, 0.1) is 5.39 Å². The number of rotatable bonds is 4. The molecule has 0 atom stereocenters. The highest BCUT2D eigenvalue weighted by Gasteiger charge is 2.36. The number of ether oxygens (including phenoxy) is 1. The first-order valence-electron chi connectivity index (χ1n) is 16.7. The normalized spacial score (nSPS) is 13.4. The summed E-state index contributed by atoms with van der Waals surface area (Å²) in [5, 5.41) is 4.73. The number of fused-ring (bicyclic) bond motifs is 9. The molecule has 0 fully saturated rings. The molecule has 4 heteroatoms. The maximum absolute atomic E-state index is 6.82. The first kappa shape index (κ1) is 28.2. The van der Waals surface area contributed by atoms with Crippen molar-refractivity contribution in [3.05, 3.63) is 163 Å². The van der Waals surface area contributed by atoms with Gasteiger partial charge in [-0.15, -0.1) is 11.3 Å². The summed E-state index contributed by atoms with van der Waals surface area (Å²) in [6, 6.07) is 54.1. The van der Waals surface area contributed by atoms with Crippen molar-refractivity contribution in [2.75, 3.05) is 4.90 Å². The van der Waals surface area contributed by atoms with Crippen molar-refractivity contribution in [2.45, 2.75) is 19.3 Å². The highest BCUT2D eigenvalue weighted by atomic mass is 32.1. The van der Waals surface area contributed by atoms with Gasteiger partial charge in [-0.05, 0) is 71.8 Å². The highest BCUT2D eigenvalue weighted by molar-refractivity contribution is 7.25. The van der Waals surface area contributed by atoms with E-state index in [1.54, 1.807) is 0 Å². The lowest BCUT2D eigenvalue weighted by molar-refractivity contribution is 0.423. The van der Waals surface area contributed by atoms with Crippen LogP contribution in [0.4, 0.5) is 17.1 Å². The predicted octanol–water partition coefficient (Wildman–Crippen LogP) is 13.5. The van der Waals surface area contributed by atoms with Crippen LogP contribution in [0.3, 0.4) is 0 Å². The monoisotopic (exact) mass is 649 g/mol. The zero-order chi connectivity index (χ0) is 32.7. The van der Waals surface area contributed by atoms with Gasteiger partial charge in [-0.1, -0.05) is 105 Å². The Morgan fingerprint density at radius 1 is 0.510 bits per heavy atom. The molecule has 0 saturated carbocycles. The second-order valence-corrected chi connectivity index (χ2v) is 14.4. The van der Waals surface area contributed by atoms with Crippen molar-refractivity contribution >= 4 is 70.5 Å². The molecule has 2 aromatic heterocycles. The minimum absolute atomic E-state index is 0.233. The SMILES string of the molecule is CC1(C)c2ccc(-c3ccc(N(c4ccccc4)c4ccc5c(c4)sc4ccccc45)cc3)cc2Oc2c1ccc1oc3ccccc3c21. The number of hydrogen-bond donors (Lipinski definition) is 0. The molecular weight excluding hydrogens is 619 g/mol. The Balaban J connectivity index is 1.04. The molecule has 0 aliphatic carbocycles. The molecule has 3 nitrogen and oxygen atoms in total. The molecular formula is C45H31NO2S. The molecule has 0 unspecified atom stereocenters. The maximum Gasteiger partial charge on any atom is 0.143 e. The molecule has 1 aliphatic heterocycles. The van der Waals surface area contributed by atoms with Gasteiger partial charge >= 0.3 is 0 Å². The molecule has 0 bridgehead atoms. The molecule has 0 saturated heterocycles. The molecule has 9 aromatic rings. The molecule has 0 radical (unpaired) electrons. The summed E-state index contributed by atoms with van der Waals surface area (Å²) in [6.45, 7) is 4.56. The van der Waals surface area contributed by atoms with Gasteiger partial charge in [-0.3, -0.25) is 0 Å². The third-order valence-corrected chi connectivity index (χ3v) is 11.3. The van der Waals surface area contributed by atoms with Crippen LogP contribution < -0.4 is 9.64 Å². The van der Waals surface area contributed by atoms with Gasteiger partial charge < -0.3 is 14.1 Å². The van der Waals surface area contributed by atoms with Gasteiger partial charge in [-0.25, -0.2) is 0 Å². The first-order chi connectivity index (χ1) is 24.0. The first-order valence-corrected chi connectivity index (χ1v) is 17.5. The van der Waals surface area contributed by atoms with E-state index in [0.717, 1.165) is 61.6 Å². The second-order valence-electron chi connectivity index (χ2n) is 13.3. The van der Waals surface area contributed by atoms with Crippen molar-refractivity contribution in [3.63, 3.8) is 0 Å². The summed E-state index contributed by atoms with van der Waals surface area (Å²) in [6.07, 6.45) is 0. The Kier molecular flexibility index (Phi) is 6.09. The number of thiophene rings is 1. The summed E-state index contributed by atoms with van der Waals surface area (Å²) in [7, 11) is 0. The van der Waals surface area contributed by atoms with E-state index >= 15 is 0 Å². The van der Waals surface area contributed by atoms with E-state index in [0.29, 0.717) is 0 Å². The van der Waals surface area contributed by atoms with Crippen molar-refractivity contribution < 1.29 is 9.15 Å². The van der Waals surface area contributed by atoms with Crippen LogP contribution in [0, 0.1) is 0 Å². The number of hydrogen-bond acceptors (Lipinski definition) is 4. The van der Waals surface area contributed by atoms with Crippen LogP contribution in [0.5, 0.6) is 11.5 Å². The molecule has 49 heavy (non-hydrogen) atoms. The van der Waals surface area contributed by atoms with E-state index in [9.17, 15) is 0 Å².